The molecule has 0 aliphatic carbocycles. The number of aliphatic imine (C=N–C) groups is 1. The van der Waals surface area contributed by atoms with Crippen LogP contribution < -0.4 is 24.0 Å². The second-order valence-electron chi connectivity index (χ2n) is 4.06. The third kappa shape index (κ3) is 10.1. The van der Waals surface area contributed by atoms with Crippen LogP contribution in [0.3, 0.4) is 0 Å². The summed E-state index contributed by atoms with van der Waals surface area (Å²) in [5.41, 5.74) is 0.799. The fraction of sp³-hybridized carbons (Fsp3) is 0.727. The summed E-state index contributed by atoms with van der Waals surface area (Å²) >= 11 is 0. The van der Waals surface area contributed by atoms with Crippen molar-refractivity contribution in [3.63, 3.8) is 0 Å². The first-order chi connectivity index (χ1) is 6.93. The van der Waals surface area contributed by atoms with Crippen molar-refractivity contribution in [1.29, 1.82) is 0 Å². The molecule has 0 aromatic rings. The van der Waals surface area contributed by atoms with Crippen LogP contribution in [0.15, 0.2) is 17.0 Å². The zero-order valence-corrected chi connectivity index (χ0v) is 11.4. The van der Waals surface area contributed by atoms with Gasteiger partial charge in [-0.05, 0) is 45.9 Å². The third-order valence-electron chi connectivity index (χ3n) is 1.90. The normalized spacial score (nSPS) is 12.6. The Balaban J connectivity index is 0. The predicted molar refractivity (Wildman–Crippen MR) is 62.9 cm³/mol. The zero-order valence-electron chi connectivity index (χ0n) is 11.4. The van der Waals surface area contributed by atoms with Crippen LogP contribution in [0.5, 0.6) is 0 Å². The van der Waals surface area contributed by atoms with Crippen LogP contribution in [-0.2, 0) is 0 Å². The minimum absolute atomic E-state index is 0. The number of nitrogens with zero attached hydrogens (tertiary/aromatic N) is 3. The first-order valence-corrected chi connectivity index (χ1v) is 5.15. The maximum Gasteiger partial charge on any atom is 1.00 e. The molecule has 88 valence electrons. The predicted octanol–water partition coefficient (Wildman–Crippen LogP) is -2.83. The average molecular weight is 219 g/mol. The molecule has 0 aliphatic rings. The third-order valence-corrected chi connectivity index (χ3v) is 1.90. The van der Waals surface area contributed by atoms with E-state index in [1.807, 2.05) is 21.0 Å². The van der Waals surface area contributed by atoms with Crippen LogP contribution in [0.2, 0.25) is 0 Å². The summed E-state index contributed by atoms with van der Waals surface area (Å²) in [4.78, 5) is 7.97. The Morgan fingerprint density at radius 1 is 1.25 bits per heavy atom. The van der Waals surface area contributed by atoms with Gasteiger partial charge in [0.15, 0.2) is 0 Å². The molecule has 0 saturated heterocycles. The van der Waals surface area contributed by atoms with Crippen LogP contribution in [0.1, 0.15) is 13.3 Å². The first kappa shape index (κ1) is 17.9. The number of allylic oxidation sites excluding steroid dienone is 1. The molecule has 0 aliphatic heterocycles. The molecule has 4 nitrogen and oxygen atoms in total. The molecule has 0 radical (unpaired) electrons. The van der Waals surface area contributed by atoms with E-state index in [9.17, 15) is 5.11 Å². The Hall–Kier alpha value is -0.433. The zero-order chi connectivity index (χ0) is 11.8. The van der Waals surface area contributed by atoms with Crippen molar-refractivity contribution in [2.24, 2.45) is 4.99 Å². The van der Waals surface area contributed by atoms with E-state index in [-0.39, 0.29) is 24.7 Å². The van der Waals surface area contributed by atoms with E-state index in [2.05, 4.69) is 9.89 Å². The van der Waals surface area contributed by atoms with Gasteiger partial charge in [-0.15, -0.1) is 0 Å². The standard InChI is InChI=1S/C11H23N3O.Li/c1-10(9-11(15)14(4)5)12-7-6-8-13(2)3;/h9,15H,6-8H2,1-5H3;/q;+1/p-1/b11-9-,12-10?;. The fourth-order valence-electron chi connectivity index (χ4n) is 0.996. The van der Waals surface area contributed by atoms with Crippen LogP contribution in [-0.4, -0.2) is 56.8 Å². The number of hydrogen-bond donors (Lipinski definition) is 0. The fourth-order valence-corrected chi connectivity index (χ4v) is 0.996. The van der Waals surface area contributed by atoms with Gasteiger partial charge in [-0.25, -0.2) is 0 Å². The molecule has 0 fully saturated rings. The molecule has 0 atom stereocenters. The summed E-state index contributed by atoms with van der Waals surface area (Å²) in [5.74, 6) is -0.0103. The van der Waals surface area contributed by atoms with Crippen molar-refractivity contribution in [3.05, 3.63) is 12.0 Å². The summed E-state index contributed by atoms with van der Waals surface area (Å²) in [7, 11) is 7.55. The van der Waals surface area contributed by atoms with Gasteiger partial charge in [0.05, 0.1) is 0 Å². The van der Waals surface area contributed by atoms with Gasteiger partial charge in [0.2, 0.25) is 0 Å². The van der Waals surface area contributed by atoms with Crippen molar-refractivity contribution >= 4 is 5.71 Å². The SMILES string of the molecule is CC(/C=C(\[O-])N(C)C)=NCCCN(C)C.[Li+]. The Bertz CT molecular complexity index is 237. The molecule has 5 heteroatoms. The summed E-state index contributed by atoms with van der Waals surface area (Å²) in [6.07, 6.45) is 2.59. The quantitative estimate of drug-likeness (QED) is 0.209. The average Bonchev–Trinajstić information content (AvgIpc) is 2.12. The van der Waals surface area contributed by atoms with Gasteiger partial charge in [0, 0.05) is 26.4 Å². The van der Waals surface area contributed by atoms with Crippen LogP contribution >= 0.6 is 0 Å². The second kappa shape index (κ2) is 9.77. The Morgan fingerprint density at radius 3 is 2.25 bits per heavy atom. The van der Waals surface area contributed by atoms with E-state index >= 15 is 0 Å². The molecule has 16 heavy (non-hydrogen) atoms. The molecule has 0 amide bonds. The maximum atomic E-state index is 11.3. The van der Waals surface area contributed by atoms with E-state index in [0.717, 1.165) is 25.2 Å². The largest absolute Gasteiger partial charge is 1.00 e. The topological polar surface area (TPSA) is 41.9 Å². The van der Waals surface area contributed by atoms with Crippen molar-refractivity contribution in [1.82, 2.24) is 9.80 Å². The van der Waals surface area contributed by atoms with Gasteiger partial charge in [-0.1, -0.05) is 0 Å². The van der Waals surface area contributed by atoms with Crippen LogP contribution in [0, 0.1) is 0 Å². The summed E-state index contributed by atoms with van der Waals surface area (Å²) in [6.45, 7) is 3.66. The van der Waals surface area contributed by atoms with E-state index in [1.165, 1.54) is 0 Å². The van der Waals surface area contributed by atoms with Gasteiger partial charge in [0.1, 0.15) is 0 Å². The summed E-state index contributed by atoms with van der Waals surface area (Å²) < 4.78 is 0. The Kier molecular flexibility index (Phi) is 11.0. The molecule has 0 N–H and O–H groups in total. The van der Waals surface area contributed by atoms with Gasteiger partial charge in [0.25, 0.3) is 0 Å². The maximum absolute atomic E-state index is 11.3. The van der Waals surface area contributed by atoms with Crippen molar-refractivity contribution in [2.45, 2.75) is 13.3 Å². The van der Waals surface area contributed by atoms with E-state index in [0.29, 0.717) is 0 Å². The second-order valence-corrected chi connectivity index (χ2v) is 4.06. The minimum atomic E-state index is -0.0103. The number of rotatable bonds is 6. The molecule has 0 heterocycles. The monoisotopic (exact) mass is 219 g/mol. The molecule has 0 unspecified atom stereocenters. The molecule has 0 aromatic carbocycles. The van der Waals surface area contributed by atoms with E-state index in [4.69, 9.17) is 0 Å². The van der Waals surface area contributed by atoms with Crippen LogP contribution in [0.4, 0.5) is 0 Å². The minimum Gasteiger partial charge on any atom is -0.860 e. The molecule has 0 spiro atoms. The molecular weight excluding hydrogens is 197 g/mol. The van der Waals surface area contributed by atoms with Gasteiger partial charge in [-0.3, -0.25) is 4.99 Å². The molecule has 0 bridgehead atoms. The molecule has 0 saturated carbocycles. The van der Waals surface area contributed by atoms with Crippen molar-refractivity contribution in [3.8, 4) is 0 Å². The van der Waals surface area contributed by atoms with Crippen molar-refractivity contribution in [2.75, 3.05) is 41.3 Å². The van der Waals surface area contributed by atoms with E-state index < -0.39 is 0 Å². The molecule has 0 rings (SSSR count). The van der Waals surface area contributed by atoms with E-state index in [1.54, 1.807) is 25.1 Å². The first-order valence-electron chi connectivity index (χ1n) is 5.15. The van der Waals surface area contributed by atoms with Gasteiger partial charge < -0.3 is 14.9 Å². The molecule has 0 aromatic heterocycles. The van der Waals surface area contributed by atoms with Crippen LogP contribution in [0.25, 0.3) is 0 Å². The van der Waals surface area contributed by atoms with Gasteiger partial charge >= 0.3 is 18.9 Å². The van der Waals surface area contributed by atoms with Gasteiger partial charge in [-0.2, -0.15) is 0 Å². The Labute approximate surface area is 111 Å². The smallest absolute Gasteiger partial charge is 0.860 e. The van der Waals surface area contributed by atoms with Crippen molar-refractivity contribution < 1.29 is 24.0 Å². The molecular formula is C11H22LiN3O. The summed E-state index contributed by atoms with van der Waals surface area (Å²) in [5, 5.41) is 11.3. The summed E-state index contributed by atoms with van der Waals surface area (Å²) in [6, 6.07) is 0. The Morgan fingerprint density at radius 2 is 1.81 bits per heavy atom. The number of hydrogen-bond acceptors (Lipinski definition) is 4.